The summed E-state index contributed by atoms with van der Waals surface area (Å²) in [4.78, 5) is 4.39. The van der Waals surface area contributed by atoms with Crippen LogP contribution in [0.4, 0.5) is 0 Å². The zero-order valence-corrected chi connectivity index (χ0v) is 14.0. The maximum atomic E-state index is 10.2. The summed E-state index contributed by atoms with van der Waals surface area (Å²) >= 11 is 0. The third-order valence-corrected chi connectivity index (χ3v) is 4.97. The molecule has 0 saturated carbocycles. The topological polar surface area (TPSA) is 132 Å². The van der Waals surface area contributed by atoms with Gasteiger partial charge in [-0.15, -0.1) is 0 Å². The Labute approximate surface area is 149 Å². The minimum atomic E-state index is -1.45. The summed E-state index contributed by atoms with van der Waals surface area (Å²) in [6.07, 6.45) is -0.183. The van der Waals surface area contributed by atoms with Crippen LogP contribution in [0.2, 0.25) is 0 Å². The normalized spacial score (nSPS) is 31.0. The van der Waals surface area contributed by atoms with E-state index >= 15 is 0 Å². The first kappa shape index (κ1) is 17.3. The van der Waals surface area contributed by atoms with Crippen LogP contribution in [0.3, 0.4) is 0 Å². The highest BCUT2D eigenvalue weighted by Crippen LogP contribution is 2.31. The largest absolute Gasteiger partial charge is 0.394 e. The second-order valence-corrected chi connectivity index (χ2v) is 6.66. The van der Waals surface area contributed by atoms with E-state index in [1.165, 1.54) is 11.1 Å². The Morgan fingerprint density at radius 2 is 1.81 bits per heavy atom. The van der Waals surface area contributed by atoms with Gasteiger partial charge in [-0.1, -0.05) is 24.3 Å². The molecule has 138 valence electrons. The third-order valence-electron chi connectivity index (χ3n) is 4.97. The molecule has 1 aliphatic heterocycles. The molecule has 0 spiro atoms. The second kappa shape index (κ2) is 6.90. The molecule has 1 saturated heterocycles. The number of fused-ring (bicyclic) bond motifs is 1. The molecule has 8 nitrogen and oxygen atoms in total. The zero-order valence-electron chi connectivity index (χ0n) is 14.0. The van der Waals surface area contributed by atoms with Gasteiger partial charge in [0, 0.05) is 5.56 Å². The van der Waals surface area contributed by atoms with Gasteiger partial charge in [-0.25, -0.2) is 4.98 Å². The summed E-state index contributed by atoms with van der Waals surface area (Å²) in [6, 6.07) is 6.04. The highest BCUT2D eigenvalue weighted by Gasteiger charge is 2.45. The minimum absolute atomic E-state index is 0.231. The zero-order chi connectivity index (χ0) is 18.3. The van der Waals surface area contributed by atoms with Crippen molar-refractivity contribution in [3.8, 4) is 11.4 Å². The molecule has 1 fully saturated rings. The van der Waals surface area contributed by atoms with Crippen LogP contribution in [-0.2, 0) is 17.6 Å². The van der Waals surface area contributed by atoms with Gasteiger partial charge in [0.2, 0.25) is 0 Å². The van der Waals surface area contributed by atoms with Gasteiger partial charge in [0.1, 0.15) is 30.5 Å². The third kappa shape index (κ3) is 2.95. The van der Waals surface area contributed by atoms with Gasteiger partial charge in [-0.2, -0.15) is 5.10 Å². The number of aliphatic hydroxyl groups is 4. The number of hydrogen-bond donors (Lipinski definition) is 5. The van der Waals surface area contributed by atoms with E-state index in [4.69, 9.17) is 4.74 Å². The average molecular weight is 359 g/mol. The van der Waals surface area contributed by atoms with Crippen molar-refractivity contribution in [1.82, 2.24) is 15.2 Å². The predicted molar refractivity (Wildman–Crippen MR) is 91.1 cm³/mol. The van der Waals surface area contributed by atoms with Gasteiger partial charge < -0.3 is 25.2 Å². The van der Waals surface area contributed by atoms with E-state index in [2.05, 4.69) is 33.4 Å². The van der Waals surface area contributed by atoms with E-state index in [1.54, 1.807) is 0 Å². The molecule has 26 heavy (non-hydrogen) atoms. The number of nitrogens with one attached hydrogen (secondary N) is 1. The smallest absolute Gasteiger partial charge is 0.181 e. The van der Waals surface area contributed by atoms with Gasteiger partial charge in [0.05, 0.1) is 6.61 Å². The Morgan fingerprint density at radius 3 is 2.58 bits per heavy atom. The molecule has 1 aliphatic carbocycles. The van der Waals surface area contributed by atoms with Crippen LogP contribution in [0.5, 0.6) is 0 Å². The van der Waals surface area contributed by atoms with Crippen LogP contribution in [-0.4, -0.2) is 66.6 Å². The van der Waals surface area contributed by atoms with Crippen LogP contribution in [0.1, 0.15) is 23.1 Å². The molecule has 0 bridgehead atoms. The minimum Gasteiger partial charge on any atom is -0.394 e. The van der Waals surface area contributed by atoms with Gasteiger partial charge in [0.15, 0.2) is 11.6 Å². The Balaban J connectivity index is 1.60. The summed E-state index contributed by atoms with van der Waals surface area (Å²) in [7, 11) is 0. The van der Waals surface area contributed by atoms with Crippen molar-refractivity contribution in [2.24, 2.45) is 0 Å². The molecule has 1 aromatic heterocycles. The van der Waals surface area contributed by atoms with Crippen LogP contribution in [0.15, 0.2) is 30.4 Å². The number of ether oxygens (including phenoxy) is 1. The molecule has 4 rings (SSSR count). The van der Waals surface area contributed by atoms with E-state index in [-0.39, 0.29) is 5.82 Å². The van der Waals surface area contributed by atoms with E-state index in [0.717, 1.165) is 18.4 Å². The highest BCUT2D eigenvalue weighted by atomic mass is 16.5. The fourth-order valence-electron chi connectivity index (χ4n) is 3.43. The first-order valence-electron chi connectivity index (χ1n) is 8.58. The maximum absolute atomic E-state index is 10.2. The second-order valence-electron chi connectivity index (χ2n) is 6.66. The molecule has 2 aliphatic rings. The molecule has 0 radical (unpaired) electrons. The van der Waals surface area contributed by atoms with Crippen LogP contribution in [0.25, 0.3) is 11.4 Å². The Hall–Kier alpha value is -2.10. The SMILES string of the molecule is OC[C@H]1O[C@@H](c2nc(-c3ccc4c(c3)CC=CC4)n[nH]2)[C@H](O)[C@@H](O)[C@@H]1O. The summed E-state index contributed by atoms with van der Waals surface area (Å²) in [5, 5.41) is 46.2. The van der Waals surface area contributed by atoms with Gasteiger partial charge in [-0.3, -0.25) is 5.10 Å². The molecule has 5 atom stereocenters. The fraction of sp³-hybridized carbons (Fsp3) is 0.444. The van der Waals surface area contributed by atoms with Crippen molar-refractivity contribution in [2.45, 2.75) is 43.4 Å². The number of H-pyrrole nitrogens is 1. The number of rotatable bonds is 3. The van der Waals surface area contributed by atoms with Crippen molar-refractivity contribution in [1.29, 1.82) is 0 Å². The first-order chi connectivity index (χ1) is 12.6. The molecular formula is C18H21N3O5. The van der Waals surface area contributed by atoms with E-state index in [1.807, 2.05) is 12.1 Å². The highest BCUT2D eigenvalue weighted by molar-refractivity contribution is 5.58. The molecule has 5 N–H and O–H groups in total. The lowest BCUT2D eigenvalue weighted by atomic mass is 9.94. The van der Waals surface area contributed by atoms with Crippen molar-refractivity contribution in [3.63, 3.8) is 0 Å². The summed E-state index contributed by atoms with van der Waals surface area (Å²) in [6.45, 7) is -0.485. The standard InChI is InChI=1S/C18H21N3O5/c22-8-12-13(23)14(24)15(25)16(26-12)18-19-17(20-21-18)11-6-5-9-3-1-2-4-10(9)7-11/h1-2,5-7,12-16,22-25H,3-4,8H2,(H,19,20,21)/t12-,13-,14+,15-,16-/m1/s1. The number of benzene rings is 1. The monoisotopic (exact) mass is 359 g/mol. The summed E-state index contributed by atoms with van der Waals surface area (Å²) in [5.41, 5.74) is 3.34. The Bertz CT molecular complexity index is 819. The molecule has 8 heteroatoms. The number of aromatic amines is 1. The number of aliphatic hydroxyl groups excluding tert-OH is 4. The van der Waals surface area contributed by atoms with Crippen molar-refractivity contribution < 1.29 is 25.2 Å². The molecule has 2 heterocycles. The number of hydrogen-bond acceptors (Lipinski definition) is 7. The average Bonchev–Trinajstić information content (AvgIpc) is 3.16. The van der Waals surface area contributed by atoms with Crippen molar-refractivity contribution >= 4 is 0 Å². The number of nitrogens with zero attached hydrogens (tertiary/aromatic N) is 2. The van der Waals surface area contributed by atoms with Crippen LogP contribution < -0.4 is 0 Å². The van der Waals surface area contributed by atoms with Gasteiger partial charge in [0.25, 0.3) is 0 Å². The van der Waals surface area contributed by atoms with E-state index < -0.39 is 37.1 Å². The lowest BCUT2D eigenvalue weighted by Gasteiger charge is -2.38. The van der Waals surface area contributed by atoms with Crippen molar-refractivity contribution in [2.75, 3.05) is 6.61 Å². The number of aromatic nitrogens is 3. The Kier molecular flexibility index (Phi) is 4.60. The Morgan fingerprint density at radius 1 is 1.04 bits per heavy atom. The molecule has 2 aromatic rings. The lowest BCUT2D eigenvalue weighted by Crippen LogP contribution is -2.55. The van der Waals surface area contributed by atoms with E-state index in [0.29, 0.717) is 5.82 Å². The molecule has 1 aromatic carbocycles. The molecular weight excluding hydrogens is 338 g/mol. The molecule has 0 amide bonds. The summed E-state index contributed by atoms with van der Waals surface area (Å²) in [5.74, 6) is 0.684. The van der Waals surface area contributed by atoms with Gasteiger partial charge in [-0.05, 0) is 30.0 Å². The van der Waals surface area contributed by atoms with Crippen LogP contribution in [0, 0.1) is 0 Å². The molecule has 0 unspecified atom stereocenters. The quantitative estimate of drug-likeness (QED) is 0.473. The maximum Gasteiger partial charge on any atom is 0.181 e. The van der Waals surface area contributed by atoms with E-state index in [9.17, 15) is 20.4 Å². The first-order valence-corrected chi connectivity index (χ1v) is 8.58. The lowest BCUT2D eigenvalue weighted by molar-refractivity contribution is -0.233. The predicted octanol–water partition coefficient (Wildman–Crippen LogP) is -0.359. The number of allylic oxidation sites excluding steroid dienone is 2. The van der Waals surface area contributed by atoms with Crippen LogP contribution >= 0.6 is 0 Å². The fourth-order valence-corrected chi connectivity index (χ4v) is 3.43. The van der Waals surface area contributed by atoms with Gasteiger partial charge >= 0.3 is 0 Å². The summed E-state index contributed by atoms with van der Waals surface area (Å²) < 4.78 is 5.50. The van der Waals surface area contributed by atoms with Crippen molar-refractivity contribution in [3.05, 3.63) is 47.3 Å².